The van der Waals surface area contributed by atoms with Crippen molar-refractivity contribution in [2.24, 2.45) is 7.05 Å². The molecular weight excluding hydrogens is 775 g/mol. The van der Waals surface area contributed by atoms with Crippen molar-refractivity contribution in [2.45, 2.75) is 70.5 Å². The molecule has 3 atom stereocenters. The van der Waals surface area contributed by atoms with E-state index in [0.29, 0.717) is 40.1 Å². The monoisotopic (exact) mass is 817 g/mol. The van der Waals surface area contributed by atoms with E-state index in [9.17, 15) is 19.2 Å². The van der Waals surface area contributed by atoms with Crippen LogP contribution in [0.5, 0.6) is 0 Å². The Morgan fingerprint density at radius 1 is 0.951 bits per heavy atom. The SMILES string of the molecule is Cc1cc(-c2ncc3c(n2)CCCN3c2nc(N3CC4CCC(C3)O4)cc3c2cc(C)c(=O)n3C)cnc1C(=O)NCC#Cc1ccc2occ(C3CCC(=O)NC3=O)c2c1. The molecule has 15 nitrogen and oxygen atoms in total. The van der Waals surface area contributed by atoms with Gasteiger partial charge in [0.05, 0.1) is 54.0 Å². The highest BCUT2D eigenvalue weighted by atomic mass is 16.5. The molecule has 61 heavy (non-hydrogen) atoms. The minimum absolute atomic E-state index is 0.0323. The number of pyridine rings is 3. The Kier molecular flexibility index (Phi) is 9.59. The number of anilines is 3. The molecule has 3 unspecified atom stereocenters. The van der Waals surface area contributed by atoms with Crippen LogP contribution >= 0.6 is 0 Å². The third-order valence-corrected chi connectivity index (χ3v) is 12.3. The second-order valence-electron chi connectivity index (χ2n) is 16.4. The summed E-state index contributed by atoms with van der Waals surface area (Å²) in [5.41, 5.74) is 6.88. The first-order valence-corrected chi connectivity index (χ1v) is 20.7. The molecule has 6 aromatic rings. The van der Waals surface area contributed by atoms with E-state index in [1.54, 1.807) is 23.1 Å². The zero-order valence-corrected chi connectivity index (χ0v) is 34.1. The number of nitrogens with zero attached hydrogens (tertiary/aromatic N) is 7. The Balaban J connectivity index is 0.862. The topological polar surface area (TPSA) is 178 Å². The number of amides is 3. The van der Waals surface area contributed by atoms with Gasteiger partial charge in [0.2, 0.25) is 11.8 Å². The molecule has 0 saturated carbocycles. The van der Waals surface area contributed by atoms with Gasteiger partial charge in [-0.25, -0.2) is 15.0 Å². The molecule has 3 amide bonds. The average molecular weight is 818 g/mol. The number of morpholine rings is 1. The summed E-state index contributed by atoms with van der Waals surface area (Å²) < 4.78 is 13.5. The van der Waals surface area contributed by atoms with Crippen LogP contribution in [0.3, 0.4) is 0 Å². The molecule has 0 spiro atoms. The van der Waals surface area contributed by atoms with Crippen LogP contribution in [0.15, 0.2) is 64.3 Å². The highest BCUT2D eigenvalue weighted by molar-refractivity contribution is 6.03. The van der Waals surface area contributed by atoms with Crippen molar-refractivity contribution in [3.05, 3.63) is 99.1 Å². The van der Waals surface area contributed by atoms with Crippen molar-refractivity contribution in [1.29, 1.82) is 0 Å². The Labute approximate surface area is 350 Å². The zero-order valence-electron chi connectivity index (χ0n) is 34.1. The zero-order chi connectivity index (χ0) is 41.9. The Morgan fingerprint density at radius 3 is 2.59 bits per heavy atom. The summed E-state index contributed by atoms with van der Waals surface area (Å²) in [7, 11) is 1.82. The van der Waals surface area contributed by atoms with Gasteiger partial charge in [0, 0.05) is 78.4 Å². The molecule has 5 aromatic heterocycles. The second-order valence-corrected chi connectivity index (χ2v) is 16.4. The van der Waals surface area contributed by atoms with Crippen molar-refractivity contribution in [1.82, 2.24) is 35.1 Å². The lowest BCUT2D eigenvalue weighted by molar-refractivity contribution is -0.134. The van der Waals surface area contributed by atoms with Gasteiger partial charge in [0.25, 0.3) is 11.5 Å². The number of fused-ring (bicyclic) bond motifs is 5. The number of hydrogen-bond donors (Lipinski definition) is 2. The van der Waals surface area contributed by atoms with Gasteiger partial charge >= 0.3 is 0 Å². The highest BCUT2D eigenvalue weighted by Crippen LogP contribution is 2.39. The summed E-state index contributed by atoms with van der Waals surface area (Å²) in [5.74, 6) is 6.77. The van der Waals surface area contributed by atoms with E-state index in [4.69, 9.17) is 24.1 Å². The summed E-state index contributed by atoms with van der Waals surface area (Å²) in [6.07, 6.45) is 9.79. The lowest BCUT2D eigenvalue weighted by atomic mass is 9.90. The normalized spacial score (nSPS) is 19.8. The van der Waals surface area contributed by atoms with E-state index >= 15 is 0 Å². The highest BCUT2D eigenvalue weighted by Gasteiger charge is 2.35. The van der Waals surface area contributed by atoms with Gasteiger partial charge in [-0.05, 0) is 81.8 Å². The van der Waals surface area contributed by atoms with Gasteiger partial charge in [-0.3, -0.25) is 29.5 Å². The molecule has 15 heteroatoms. The van der Waals surface area contributed by atoms with Gasteiger partial charge in [0.1, 0.15) is 22.9 Å². The first-order chi connectivity index (χ1) is 29.6. The lowest BCUT2D eigenvalue weighted by Gasteiger charge is -2.35. The maximum Gasteiger partial charge on any atom is 0.270 e. The smallest absolute Gasteiger partial charge is 0.270 e. The molecule has 1 aromatic carbocycles. The second kappa shape index (κ2) is 15.3. The van der Waals surface area contributed by atoms with Gasteiger partial charge in [0.15, 0.2) is 5.82 Å². The van der Waals surface area contributed by atoms with E-state index in [0.717, 1.165) is 90.2 Å². The number of rotatable bonds is 6. The predicted octanol–water partition coefficient (Wildman–Crippen LogP) is 4.90. The maximum atomic E-state index is 13.2. The summed E-state index contributed by atoms with van der Waals surface area (Å²) in [5, 5.41) is 6.90. The van der Waals surface area contributed by atoms with Gasteiger partial charge in [-0.15, -0.1) is 0 Å². The summed E-state index contributed by atoms with van der Waals surface area (Å²) in [6.45, 7) is 6.01. The predicted molar refractivity (Wildman–Crippen MR) is 228 cm³/mol. The maximum absolute atomic E-state index is 13.2. The number of carbonyl (C=O) groups is 3. The standard InChI is InChI=1S/C46H43N9O6/c1-25-16-28(20-48-41(25)45(58)47-14-4-6-27-8-12-38-32(18-27)34(24-60-38)31-11-13-40(56)52-44(31)57)42-49-21-37-35(50-42)7-5-15-55(37)43-33-17-26(2)46(59)53(3)36(33)19-39(51-43)54-22-29-9-10-30(23-54)61-29/h8,12,16-21,24,29-31H,5,7,9-11,13-15,22-23H2,1-3H3,(H,47,58)(H,52,56,57). The molecule has 2 bridgehead atoms. The molecule has 4 aliphatic heterocycles. The van der Waals surface area contributed by atoms with Crippen molar-refractivity contribution < 1.29 is 23.5 Å². The molecular formula is C46H43N9O6. The fraction of sp³-hybridized carbons (Fsp3) is 0.348. The molecule has 3 saturated heterocycles. The largest absolute Gasteiger partial charge is 0.464 e. The van der Waals surface area contributed by atoms with Crippen LogP contribution in [0.1, 0.15) is 76.5 Å². The number of furan rings is 1. The quantitative estimate of drug-likeness (QED) is 0.172. The van der Waals surface area contributed by atoms with E-state index < -0.39 is 5.92 Å². The van der Waals surface area contributed by atoms with Crippen molar-refractivity contribution in [3.8, 4) is 23.2 Å². The van der Waals surface area contributed by atoms with Crippen LogP contribution in [0.2, 0.25) is 0 Å². The molecule has 0 aliphatic carbocycles. The van der Waals surface area contributed by atoms with Crippen molar-refractivity contribution in [2.75, 3.05) is 36.0 Å². The molecule has 9 heterocycles. The van der Waals surface area contributed by atoms with Crippen LogP contribution in [-0.4, -0.2) is 80.6 Å². The first kappa shape index (κ1) is 38.3. The Bertz CT molecular complexity index is 2930. The van der Waals surface area contributed by atoms with Crippen molar-refractivity contribution in [3.63, 3.8) is 0 Å². The number of nitrogens with one attached hydrogen (secondary N) is 2. The number of imide groups is 1. The van der Waals surface area contributed by atoms with Crippen molar-refractivity contribution >= 4 is 56.9 Å². The fourth-order valence-electron chi connectivity index (χ4n) is 9.13. The molecule has 0 radical (unpaired) electrons. The molecule has 4 aliphatic rings. The number of piperidine rings is 1. The van der Waals surface area contributed by atoms with Crippen LogP contribution in [0.4, 0.5) is 17.3 Å². The van der Waals surface area contributed by atoms with Crippen LogP contribution in [0, 0.1) is 25.7 Å². The number of carbonyl (C=O) groups excluding carboxylic acids is 3. The van der Waals surface area contributed by atoms with E-state index in [-0.39, 0.29) is 54.1 Å². The number of hydrogen-bond acceptors (Lipinski definition) is 12. The van der Waals surface area contributed by atoms with Gasteiger partial charge in [-0.1, -0.05) is 11.8 Å². The molecule has 308 valence electrons. The Morgan fingerprint density at radius 2 is 1.79 bits per heavy atom. The fourth-order valence-corrected chi connectivity index (χ4v) is 9.13. The lowest BCUT2D eigenvalue weighted by Crippen LogP contribution is -2.43. The van der Waals surface area contributed by atoms with Crippen LogP contribution in [0.25, 0.3) is 33.3 Å². The minimum atomic E-state index is -0.472. The number of aromatic nitrogens is 5. The molecule has 2 N–H and O–H groups in total. The first-order valence-electron chi connectivity index (χ1n) is 20.7. The third kappa shape index (κ3) is 7.06. The summed E-state index contributed by atoms with van der Waals surface area (Å²) in [4.78, 5) is 74.6. The molecule has 10 rings (SSSR count). The van der Waals surface area contributed by atoms with Gasteiger partial charge in [-0.2, -0.15) is 0 Å². The number of aryl methyl sites for hydroxylation is 4. The average Bonchev–Trinajstić information content (AvgIpc) is 3.84. The van der Waals surface area contributed by atoms with E-state index in [2.05, 4.69) is 37.3 Å². The van der Waals surface area contributed by atoms with Gasteiger partial charge < -0.3 is 28.8 Å². The minimum Gasteiger partial charge on any atom is -0.464 e. The number of ether oxygens (including phenoxy) is 1. The summed E-state index contributed by atoms with van der Waals surface area (Å²) >= 11 is 0. The van der Waals surface area contributed by atoms with E-state index in [1.807, 2.05) is 57.4 Å². The van der Waals surface area contributed by atoms with E-state index in [1.165, 1.54) is 0 Å². The Hall–Kier alpha value is -6.92. The third-order valence-electron chi connectivity index (χ3n) is 12.3. The van der Waals surface area contributed by atoms with Crippen LogP contribution in [-0.2, 0) is 27.8 Å². The number of benzene rings is 1. The van der Waals surface area contributed by atoms with Crippen LogP contribution < -0.4 is 26.0 Å². The summed E-state index contributed by atoms with van der Waals surface area (Å²) in [6, 6.07) is 11.3. The molecule has 3 fully saturated rings.